The summed E-state index contributed by atoms with van der Waals surface area (Å²) in [4.78, 5) is 13.6. The molecule has 0 radical (unpaired) electrons. The lowest BCUT2D eigenvalue weighted by atomic mass is 9.69. The third-order valence-electron chi connectivity index (χ3n) is 6.30. The topological polar surface area (TPSA) is 107 Å². The molecule has 2 aliphatic rings. The Morgan fingerprint density at radius 2 is 2.00 bits per heavy atom. The Kier molecular flexibility index (Phi) is 6.15. The van der Waals surface area contributed by atoms with E-state index in [1.165, 1.54) is 12.1 Å². The van der Waals surface area contributed by atoms with Crippen molar-refractivity contribution in [3.63, 3.8) is 0 Å². The molecular formula is C20H27FN6O2. The van der Waals surface area contributed by atoms with Crippen molar-refractivity contribution in [2.75, 3.05) is 13.1 Å². The molecule has 156 valence electrons. The molecule has 1 aromatic heterocycles. The number of tetrazole rings is 1. The van der Waals surface area contributed by atoms with Gasteiger partial charge in [0.05, 0.1) is 6.54 Å². The Labute approximate surface area is 168 Å². The van der Waals surface area contributed by atoms with E-state index in [1.54, 1.807) is 12.1 Å². The highest BCUT2D eigenvalue weighted by Crippen LogP contribution is 2.39. The number of hydrogen-bond acceptors (Lipinski definition) is 6. The van der Waals surface area contributed by atoms with Crippen molar-refractivity contribution in [2.45, 2.75) is 44.8 Å². The van der Waals surface area contributed by atoms with Crippen molar-refractivity contribution in [3.05, 3.63) is 41.5 Å². The number of aromatic amines is 1. The molecule has 1 aliphatic carbocycles. The quantitative estimate of drug-likeness (QED) is 0.648. The van der Waals surface area contributed by atoms with Crippen LogP contribution in [0.5, 0.6) is 0 Å². The van der Waals surface area contributed by atoms with Gasteiger partial charge in [-0.15, -0.1) is 10.2 Å². The maximum atomic E-state index is 13.3. The van der Waals surface area contributed by atoms with E-state index in [1.807, 2.05) is 0 Å². The average Bonchev–Trinajstić information content (AvgIpc) is 3.22. The number of fused-ring (bicyclic) bond motifs is 1. The minimum absolute atomic E-state index is 0.240. The van der Waals surface area contributed by atoms with Crippen LogP contribution < -0.4 is 5.32 Å². The van der Waals surface area contributed by atoms with E-state index in [9.17, 15) is 14.3 Å². The molecule has 4 atom stereocenters. The van der Waals surface area contributed by atoms with Gasteiger partial charge in [0.1, 0.15) is 11.9 Å². The van der Waals surface area contributed by atoms with E-state index in [0.29, 0.717) is 43.1 Å². The van der Waals surface area contributed by atoms with E-state index < -0.39 is 12.0 Å². The molecule has 0 amide bonds. The van der Waals surface area contributed by atoms with Gasteiger partial charge in [0.2, 0.25) is 0 Å². The summed E-state index contributed by atoms with van der Waals surface area (Å²) in [5, 5.41) is 26.8. The molecule has 9 heteroatoms. The molecule has 2 heterocycles. The summed E-state index contributed by atoms with van der Waals surface area (Å²) in [7, 11) is 0. The van der Waals surface area contributed by atoms with Crippen LogP contribution in [-0.4, -0.2) is 55.7 Å². The van der Waals surface area contributed by atoms with Crippen molar-refractivity contribution >= 4 is 5.97 Å². The van der Waals surface area contributed by atoms with Crippen molar-refractivity contribution in [2.24, 2.45) is 17.8 Å². The lowest BCUT2D eigenvalue weighted by molar-refractivity contribution is -0.141. The van der Waals surface area contributed by atoms with Gasteiger partial charge >= 0.3 is 5.97 Å². The third kappa shape index (κ3) is 5.16. The van der Waals surface area contributed by atoms with E-state index in [0.717, 1.165) is 37.9 Å². The van der Waals surface area contributed by atoms with Crippen molar-refractivity contribution < 1.29 is 14.3 Å². The van der Waals surface area contributed by atoms with Gasteiger partial charge < -0.3 is 10.4 Å². The highest BCUT2D eigenvalue weighted by molar-refractivity contribution is 5.73. The highest BCUT2D eigenvalue weighted by Gasteiger charge is 2.38. The molecule has 2 aromatic rings. The number of aliphatic carboxylic acids is 1. The van der Waals surface area contributed by atoms with Gasteiger partial charge in [-0.05, 0) is 67.7 Å². The van der Waals surface area contributed by atoms with Crippen LogP contribution in [0, 0.1) is 23.6 Å². The lowest BCUT2D eigenvalue weighted by Gasteiger charge is -2.42. The van der Waals surface area contributed by atoms with Crippen LogP contribution >= 0.6 is 0 Å². The summed E-state index contributed by atoms with van der Waals surface area (Å²) in [6.07, 6.45) is 4.01. The highest BCUT2D eigenvalue weighted by atomic mass is 19.1. The van der Waals surface area contributed by atoms with E-state index in [-0.39, 0.29) is 5.82 Å². The Hall–Kier alpha value is -2.39. The molecule has 3 N–H and O–H groups in total. The average molecular weight is 402 g/mol. The Morgan fingerprint density at radius 3 is 2.72 bits per heavy atom. The first kappa shape index (κ1) is 19.9. The van der Waals surface area contributed by atoms with Crippen molar-refractivity contribution in [1.82, 2.24) is 30.8 Å². The number of H-pyrrole nitrogens is 1. The normalized spacial score (nSPS) is 27.0. The fraction of sp³-hybridized carbons (Fsp3) is 0.600. The first-order valence-corrected chi connectivity index (χ1v) is 10.2. The zero-order chi connectivity index (χ0) is 20.2. The predicted octanol–water partition coefficient (Wildman–Crippen LogP) is 1.82. The molecule has 1 saturated heterocycles. The number of rotatable bonds is 7. The SMILES string of the molecule is O=C(O)C1CC2C[C@@H](CN(Cc3ccc(F)cc3)Cc3nn[nH]n3)CCC2CN1. The molecule has 0 spiro atoms. The van der Waals surface area contributed by atoms with Crippen LogP contribution in [0.3, 0.4) is 0 Å². The Bertz CT molecular complexity index is 800. The van der Waals surface area contributed by atoms with Gasteiger partial charge in [-0.25, -0.2) is 4.39 Å². The van der Waals surface area contributed by atoms with E-state index >= 15 is 0 Å². The first-order chi connectivity index (χ1) is 14.1. The molecule has 1 aliphatic heterocycles. The maximum Gasteiger partial charge on any atom is 0.320 e. The van der Waals surface area contributed by atoms with Gasteiger partial charge in [0.15, 0.2) is 5.82 Å². The largest absolute Gasteiger partial charge is 0.480 e. The fourth-order valence-corrected chi connectivity index (χ4v) is 4.86. The number of carboxylic acid groups (broad SMARTS) is 1. The van der Waals surface area contributed by atoms with Gasteiger partial charge in [-0.2, -0.15) is 5.21 Å². The number of carboxylic acids is 1. The number of aromatic nitrogens is 4. The first-order valence-electron chi connectivity index (χ1n) is 10.2. The van der Waals surface area contributed by atoms with Crippen LogP contribution in [0.15, 0.2) is 24.3 Å². The molecule has 2 fully saturated rings. The summed E-state index contributed by atoms with van der Waals surface area (Å²) < 4.78 is 13.3. The molecular weight excluding hydrogens is 375 g/mol. The predicted molar refractivity (Wildman–Crippen MR) is 103 cm³/mol. The van der Waals surface area contributed by atoms with E-state index in [2.05, 4.69) is 30.8 Å². The number of benzene rings is 1. The molecule has 1 aromatic carbocycles. The Morgan fingerprint density at radius 1 is 1.17 bits per heavy atom. The zero-order valence-corrected chi connectivity index (χ0v) is 16.3. The molecule has 8 nitrogen and oxygen atoms in total. The second kappa shape index (κ2) is 8.96. The number of hydrogen-bond donors (Lipinski definition) is 3. The summed E-state index contributed by atoms with van der Waals surface area (Å²) in [6.45, 7) is 2.92. The van der Waals surface area contributed by atoms with Crippen molar-refractivity contribution in [3.8, 4) is 0 Å². The van der Waals surface area contributed by atoms with Crippen LogP contribution in [-0.2, 0) is 17.9 Å². The number of nitrogens with one attached hydrogen (secondary N) is 2. The molecule has 4 rings (SSSR count). The molecule has 29 heavy (non-hydrogen) atoms. The van der Waals surface area contributed by atoms with Gasteiger partial charge in [-0.3, -0.25) is 9.69 Å². The maximum absolute atomic E-state index is 13.3. The fourth-order valence-electron chi connectivity index (χ4n) is 4.86. The summed E-state index contributed by atoms with van der Waals surface area (Å²) in [6, 6.07) is 6.14. The molecule has 0 bridgehead atoms. The number of piperidine rings is 1. The van der Waals surface area contributed by atoms with Gasteiger partial charge in [0.25, 0.3) is 0 Å². The summed E-state index contributed by atoms with van der Waals surface area (Å²) >= 11 is 0. The molecule has 3 unspecified atom stereocenters. The monoisotopic (exact) mass is 402 g/mol. The lowest BCUT2D eigenvalue weighted by Crippen LogP contribution is -2.50. The summed E-state index contributed by atoms with van der Waals surface area (Å²) in [5.41, 5.74) is 1.04. The summed E-state index contributed by atoms with van der Waals surface area (Å²) in [5.74, 6) is 1.17. The molecule has 1 saturated carbocycles. The minimum Gasteiger partial charge on any atom is -0.480 e. The number of carbonyl (C=O) groups is 1. The Balaban J connectivity index is 1.41. The number of halogens is 1. The van der Waals surface area contributed by atoms with Crippen LogP contribution in [0.2, 0.25) is 0 Å². The van der Waals surface area contributed by atoms with Crippen LogP contribution in [0.1, 0.15) is 37.1 Å². The zero-order valence-electron chi connectivity index (χ0n) is 16.3. The smallest absolute Gasteiger partial charge is 0.320 e. The van der Waals surface area contributed by atoms with Gasteiger partial charge in [-0.1, -0.05) is 17.3 Å². The van der Waals surface area contributed by atoms with Crippen molar-refractivity contribution in [1.29, 1.82) is 0 Å². The van der Waals surface area contributed by atoms with Crippen LogP contribution in [0.4, 0.5) is 4.39 Å². The third-order valence-corrected chi connectivity index (χ3v) is 6.30. The van der Waals surface area contributed by atoms with E-state index in [4.69, 9.17) is 0 Å². The second-order valence-electron chi connectivity index (χ2n) is 8.36. The minimum atomic E-state index is -0.749. The van der Waals surface area contributed by atoms with Crippen LogP contribution in [0.25, 0.3) is 0 Å². The second-order valence-corrected chi connectivity index (χ2v) is 8.36. The standard InChI is InChI=1S/C20H27FN6O2/c21-17-5-2-13(3-6-17)10-27(12-19-23-25-26-24-19)11-14-1-4-15-9-22-18(20(28)29)8-16(15)7-14/h2-3,5-6,14-16,18,22H,1,4,7-12H2,(H,28,29)(H,23,24,25,26)/t14-,15?,16?,18?/m0/s1. The van der Waals surface area contributed by atoms with Gasteiger partial charge in [0, 0.05) is 13.1 Å². The number of nitrogens with zero attached hydrogens (tertiary/aromatic N) is 4.